The van der Waals surface area contributed by atoms with Gasteiger partial charge < -0.3 is 10.6 Å². The van der Waals surface area contributed by atoms with Gasteiger partial charge in [0.25, 0.3) is 0 Å². The fourth-order valence-corrected chi connectivity index (χ4v) is 3.17. The molecular weight excluding hydrogens is 304 g/mol. The number of benzene rings is 1. The average Bonchev–Trinajstić information content (AvgIpc) is 2.78. The number of nitrogens with two attached hydrogens (primary N) is 1. The maximum atomic E-state index is 11.7. The molecule has 1 aliphatic rings. The zero-order valence-electron chi connectivity index (χ0n) is 13.8. The number of fused-ring (bicyclic) bond motifs is 1. The zero-order chi connectivity index (χ0) is 17.1. The Balaban J connectivity index is 1.77. The summed E-state index contributed by atoms with van der Waals surface area (Å²) in [7, 11) is 0. The van der Waals surface area contributed by atoms with Crippen molar-refractivity contribution >= 4 is 22.7 Å². The highest BCUT2D eigenvalue weighted by atomic mass is 16.2. The van der Waals surface area contributed by atoms with Crippen LogP contribution in [0.15, 0.2) is 36.5 Å². The molecule has 1 aromatic heterocycles. The molecule has 1 fully saturated rings. The van der Waals surface area contributed by atoms with Crippen molar-refractivity contribution in [2.45, 2.75) is 13.5 Å². The molecule has 126 valence electrons. The minimum Gasteiger partial charge on any atom is -0.369 e. The summed E-state index contributed by atoms with van der Waals surface area (Å²) in [4.78, 5) is 31.6. The topological polar surface area (TPSA) is 79.5 Å². The van der Waals surface area contributed by atoms with Gasteiger partial charge >= 0.3 is 0 Å². The van der Waals surface area contributed by atoms with E-state index in [0.717, 1.165) is 29.6 Å². The first-order valence-electron chi connectivity index (χ1n) is 8.14. The Morgan fingerprint density at radius 1 is 1.25 bits per heavy atom. The van der Waals surface area contributed by atoms with E-state index in [2.05, 4.69) is 22.0 Å². The molecule has 1 aliphatic heterocycles. The third-order valence-electron chi connectivity index (χ3n) is 4.53. The summed E-state index contributed by atoms with van der Waals surface area (Å²) in [5, 5.41) is 1.10. The maximum Gasteiger partial charge on any atom is 0.223 e. The molecule has 1 atom stereocenters. The van der Waals surface area contributed by atoms with E-state index in [1.54, 1.807) is 11.1 Å². The summed E-state index contributed by atoms with van der Waals surface area (Å²) in [5.41, 5.74) is 7.65. The van der Waals surface area contributed by atoms with Crippen LogP contribution < -0.4 is 5.73 Å². The third-order valence-corrected chi connectivity index (χ3v) is 4.53. The Kier molecular flexibility index (Phi) is 4.76. The molecule has 0 aliphatic carbocycles. The van der Waals surface area contributed by atoms with E-state index in [1.807, 2.05) is 18.2 Å². The molecular formula is C18H22N4O2. The Hall–Kier alpha value is -2.47. The SMILES string of the molecule is CC(=O)N1CCN(Cc2ccc3ncccc3c2)C[C@@H](C(N)=O)C1. The Labute approximate surface area is 141 Å². The minimum absolute atomic E-state index is 0.0140. The predicted octanol–water partition coefficient (Wildman–Crippen LogP) is 1.00. The first kappa shape index (κ1) is 16.4. The number of amides is 2. The standard InChI is InChI=1S/C18H22N4O2/c1-13(23)22-8-7-21(11-16(12-22)18(19)24)10-14-4-5-17-15(9-14)3-2-6-20-17/h2-6,9,16H,7-8,10-12H2,1H3,(H2,19,24)/t16-/m1/s1. The lowest BCUT2D eigenvalue weighted by Gasteiger charge is -2.22. The van der Waals surface area contributed by atoms with Gasteiger partial charge in [0.15, 0.2) is 0 Å². The molecule has 2 amide bonds. The van der Waals surface area contributed by atoms with Crippen molar-refractivity contribution in [3.8, 4) is 0 Å². The van der Waals surface area contributed by atoms with Crippen LogP contribution in [-0.4, -0.2) is 52.8 Å². The maximum absolute atomic E-state index is 11.7. The van der Waals surface area contributed by atoms with Crippen molar-refractivity contribution in [2.75, 3.05) is 26.2 Å². The predicted molar refractivity (Wildman–Crippen MR) is 92.0 cm³/mol. The molecule has 1 aromatic carbocycles. The van der Waals surface area contributed by atoms with Crippen LogP contribution in [0.1, 0.15) is 12.5 Å². The van der Waals surface area contributed by atoms with Gasteiger partial charge in [-0.3, -0.25) is 19.5 Å². The molecule has 0 unspecified atom stereocenters. The number of primary amides is 1. The minimum atomic E-state index is -0.351. The van der Waals surface area contributed by atoms with Gasteiger partial charge in [-0.05, 0) is 23.8 Å². The zero-order valence-corrected chi connectivity index (χ0v) is 13.8. The molecule has 24 heavy (non-hydrogen) atoms. The second-order valence-electron chi connectivity index (χ2n) is 6.33. The van der Waals surface area contributed by atoms with E-state index < -0.39 is 0 Å². The van der Waals surface area contributed by atoms with Crippen molar-refractivity contribution in [1.82, 2.24) is 14.8 Å². The highest BCUT2D eigenvalue weighted by molar-refractivity contribution is 5.79. The van der Waals surface area contributed by atoms with Crippen molar-refractivity contribution < 1.29 is 9.59 Å². The normalized spacial score (nSPS) is 19.2. The summed E-state index contributed by atoms with van der Waals surface area (Å²) >= 11 is 0. The van der Waals surface area contributed by atoms with E-state index >= 15 is 0 Å². The molecule has 2 N–H and O–H groups in total. The quantitative estimate of drug-likeness (QED) is 0.912. The summed E-state index contributed by atoms with van der Waals surface area (Å²) in [6, 6.07) is 10.2. The second-order valence-corrected chi connectivity index (χ2v) is 6.33. The number of rotatable bonds is 3. The fraction of sp³-hybridized carbons (Fsp3) is 0.389. The van der Waals surface area contributed by atoms with E-state index in [0.29, 0.717) is 19.6 Å². The van der Waals surface area contributed by atoms with Crippen LogP contribution >= 0.6 is 0 Å². The van der Waals surface area contributed by atoms with Crippen LogP contribution in [-0.2, 0) is 16.1 Å². The van der Waals surface area contributed by atoms with Crippen molar-refractivity contribution in [2.24, 2.45) is 11.7 Å². The van der Waals surface area contributed by atoms with Gasteiger partial charge in [0.2, 0.25) is 11.8 Å². The molecule has 0 radical (unpaired) electrons. The van der Waals surface area contributed by atoms with Crippen molar-refractivity contribution in [1.29, 1.82) is 0 Å². The molecule has 6 nitrogen and oxygen atoms in total. The van der Waals surface area contributed by atoms with Gasteiger partial charge in [-0.2, -0.15) is 0 Å². The molecule has 2 heterocycles. The highest BCUT2D eigenvalue weighted by Gasteiger charge is 2.27. The molecule has 0 bridgehead atoms. The third kappa shape index (κ3) is 3.71. The highest BCUT2D eigenvalue weighted by Crippen LogP contribution is 2.17. The second kappa shape index (κ2) is 6.97. The molecule has 0 saturated carbocycles. The Bertz CT molecular complexity index is 762. The van der Waals surface area contributed by atoms with Crippen molar-refractivity contribution in [3.63, 3.8) is 0 Å². The summed E-state index contributed by atoms with van der Waals surface area (Å²) in [6.45, 7) is 4.58. The lowest BCUT2D eigenvalue weighted by atomic mass is 10.1. The number of nitrogens with zero attached hydrogens (tertiary/aromatic N) is 3. The number of carbonyl (C=O) groups is 2. The summed E-state index contributed by atoms with van der Waals surface area (Å²) in [5.74, 6) is -0.700. The van der Waals surface area contributed by atoms with Crippen LogP contribution in [0.25, 0.3) is 10.9 Å². The number of hydrogen-bond donors (Lipinski definition) is 1. The fourth-order valence-electron chi connectivity index (χ4n) is 3.17. The lowest BCUT2D eigenvalue weighted by molar-refractivity contribution is -0.130. The number of carbonyl (C=O) groups excluding carboxylic acids is 2. The molecule has 1 saturated heterocycles. The Morgan fingerprint density at radius 3 is 2.83 bits per heavy atom. The largest absolute Gasteiger partial charge is 0.369 e. The van der Waals surface area contributed by atoms with Gasteiger partial charge in [-0.15, -0.1) is 0 Å². The summed E-state index contributed by atoms with van der Waals surface area (Å²) in [6.07, 6.45) is 1.78. The van der Waals surface area contributed by atoms with Gasteiger partial charge in [0, 0.05) is 51.2 Å². The molecule has 2 aromatic rings. The van der Waals surface area contributed by atoms with Gasteiger partial charge in [-0.1, -0.05) is 12.1 Å². The van der Waals surface area contributed by atoms with Crippen LogP contribution in [0, 0.1) is 5.92 Å². The summed E-state index contributed by atoms with van der Waals surface area (Å²) < 4.78 is 0. The molecule has 6 heteroatoms. The van der Waals surface area contributed by atoms with E-state index in [9.17, 15) is 9.59 Å². The Morgan fingerprint density at radius 2 is 2.08 bits per heavy atom. The number of aromatic nitrogens is 1. The van der Waals surface area contributed by atoms with Gasteiger partial charge in [0.1, 0.15) is 0 Å². The van der Waals surface area contributed by atoms with Crippen LogP contribution in [0.5, 0.6) is 0 Å². The van der Waals surface area contributed by atoms with E-state index in [1.165, 1.54) is 6.92 Å². The van der Waals surface area contributed by atoms with Crippen LogP contribution in [0.3, 0.4) is 0 Å². The van der Waals surface area contributed by atoms with Crippen LogP contribution in [0.4, 0.5) is 0 Å². The smallest absolute Gasteiger partial charge is 0.223 e. The lowest BCUT2D eigenvalue weighted by Crippen LogP contribution is -2.39. The molecule has 0 spiro atoms. The molecule has 3 rings (SSSR count). The number of hydrogen-bond acceptors (Lipinski definition) is 4. The van der Waals surface area contributed by atoms with Gasteiger partial charge in [-0.25, -0.2) is 0 Å². The van der Waals surface area contributed by atoms with Crippen LogP contribution in [0.2, 0.25) is 0 Å². The van der Waals surface area contributed by atoms with Crippen molar-refractivity contribution in [3.05, 3.63) is 42.1 Å². The van der Waals surface area contributed by atoms with E-state index in [-0.39, 0.29) is 17.7 Å². The first-order valence-corrected chi connectivity index (χ1v) is 8.14. The monoisotopic (exact) mass is 326 g/mol. The van der Waals surface area contributed by atoms with E-state index in [4.69, 9.17) is 5.73 Å². The number of pyridine rings is 1. The average molecular weight is 326 g/mol. The van der Waals surface area contributed by atoms with Gasteiger partial charge in [0.05, 0.1) is 11.4 Å². The first-order chi connectivity index (χ1) is 11.5.